The summed E-state index contributed by atoms with van der Waals surface area (Å²) >= 11 is 1.83. The number of thiazole rings is 1. The molecule has 3 heteroatoms. The lowest BCUT2D eigenvalue weighted by molar-refractivity contribution is 0.278. The largest absolute Gasteiger partial charge is 0.314 e. The van der Waals surface area contributed by atoms with E-state index in [1.54, 1.807) is 0 Å². The number of aryl methyl sites for hydroxylation is 1. The van der Waals surface area contributed by atoms with Crippen LogP contribution in [0.4, 0.5) is 0 Å². The maximum atomic E-state index is 4.63. The van der Waals surface area contributed by atoms with Crippen LogP contribution < -0.4 is 5.32 Å². The molecule has 1 N–H and O–H groups in total. The number of rotatable bonds is 6. The molecular formula is C16H26N2S. The molecule has 1 aromatic rings. The second-order valence-corrected chi connectivity index (χ2v) is 7.45. The highest BCUT2D eigenvalue weighted by Gasteiger charge is 2.40. The first-order chi connectivity index (χ1) is 9.24. The third-order valence-corrected chi connectivity index (χ3v) is 6.04. The predicted molar refractivity (Wildman–Crippen MR) is 81.6 cm³/mol. The van der Waals surface area contributed by atoms with E-state index in [1.165, 1.54) is 42.8 Å². The van der Waals surface area contributed by atoms with E-state index >= 15 is 0 Å². The van der Waals surface area contributed by atoms with Crippen LogP contribution in [0.25, 0.3) is 0 Å². The lowest BCUT2D eigenvalue weighted by atomic mass is 9.83. The number of likely N-dealkylation sites (N-methyl/N-ethyl adjacent to an activating group) is 1. The second-order valence-electron chi connectivity index (χ2n) is 6.51. The molecule has 2 aliphatic rings. The average Bonchev–Trinajstić information content (AvgIpc) is 3.06. The molecule has 1 heterocycles. The summed E-state index contributed by atoms with van der Waals surface area (Å²) in [5.74, 6) is 3.10. The third-order valence-electron chi connectivity index (χ3n) is 5.05. The van der Waals surface area contributed by atoms with Crippen molar-refractivity contribution in [3.05, 3.63) is 16.1 Å². The fourth-order valence-corrected chi connectivity index (χ4v) is 5.12. The fourth-order valence-electron chi connectivity index (χ4n) is 4.27. The summed E-state index contributed by atoms with van der Waals surface area (Å²) in [5, 5.41) is 7.18. The van der Waals surface area contributed by atoms with Gasteiger partial charge in [0.1, 0.15) is 0 Å². The van der Waals surface area contributed by atoms with Crippen LogP contribution in [0.3, 0.4) is 0 Å². The van der Waals surface area contributed by atoms with E-state index < -0.39 is 0 Å². The zero-order chi connectivity index (χ0) is 13.2. The van der Waals surface area contributed by atoms with Gasteiger partial charge in [0.15, 0.2) is 0 Å². The van der Waals surface area contributed by atoms with Crippen LogP contribution in [0, 0.1) is 24.7 Å². The Morgan fingerprint density at radius 3 is 2.89 bits per heavy atom. The summed E-state index contributed by atoms with van der Waals surface area (Å²) in [6, 6.07) is 0.639. The summed E-state index contributed by atoms with van der Waals surface area (Å²) in [7, 11) is 0. The minimum absolute atomic E-state index is 0.639. The SMILES string of the molecule is CCNC(Cc1nc(C)cs1)CC1CC2CCC1C2. The van der Waals surface area contributed by atoms with E-state index in [4.69, 9.17) is 0 Å². The summed E-state index contributed by atoms with van der Waals surface area (Å²) in [4.78, 5) is 4.63. The first-order valence-corrected chi connectivity index (χ1v) is 8.77. The Balaban J connectivity index is 1.58. The molecule has 19 heavy (non-hydrogen) atoms. The van der Waals surface area contributed by atoms with E-state index in [0.717, 1.165) is 30.7 Å². The number of aromatic nitrogens is 1. The monoisotopic (exact) mass is 278 g/mol. The lowest BCUT2D eigenvalue weighted by Gasteiger charge is -2.26. The molecule has 2 fully saturated rings. The standard InChI is InChI=1S/C16H26N2S/c1-3-17-15(9-16-18-11(2)10-19-16)8-14-7-12-4-5-13(14)6-12/h10,12-15,17H,3-9H2,1-2H3. The topological polar surface area (TPSA) is 24.9 Å². The van der Waals surface area contributed by atoms with Crippen LogP contribution in [0.2, 0.25) is 0 Å². The van der Waals surface area contributed by atoms with Crippen molar-refractivity contribution < 1.29 is 0 Å². The first kappa shape index (κ1) is 13.6. The van der Waals surface area contributed by atoms with Crippen LogP contribution in [0.15, 0.2) is 5.38 Å². The second kappa shape index (κ2) is 5.92. The highest BCUT2D eigenvalue weighted by Crippen LogP contribution is 2.50. The normalized spacial score (nSPS) is 30.9. The molecule has 2 bridgehead atoms. The van der Waals surface area contributed by atoms with Gasteiger partial charge in [0, 0.05) is 23.5 Å². The smallest absolute Gasteiger partial charge is 0.0943 e. The molecule has 2 nitrogen and oxygen atoms in total. The molecule has 4 atom stereocenters. The average molecular weight is 278 g/mol. The molecule has 0 aliphatic heterocycles. The molecule has 4 unspecified atom stereocenters. The number of fused-ring (bicyclic) bond motifs is 2. The van der Waals surface area contributed by atoms with Gasteiger partial charge in [-0.25, -0.2) is 4.98 Å². The molecule has 3 rings (SSSR count). The van der Waals surface area contributed by atoms with Crippen LogP contribution >= 0.6 is 11.3 Å². The van der Waals surface area contributed by atoms with Gasteiger partial charge in [-0.15, -0.1) is 11.3 Å². The molecule has 2 aliphatic carbocycles. The minimum Gasteiger partial charge on any atom is -0.314 e. The van der Waals surface area contributed by atoms with Crippen molar-refractivity contribution in [3.63, 3.8) is 0 Å². The van der Waals surface area contributed by atoms with Gasteiger partial charge in [0.25, 0.3) is 0 Å². The number of nitrogens with one attached hydrogen (secondary N) is 1. The minimum atomic E-state index is 0.639. The van der Waals surface area contributed by atoms with Crippen LogP contribution in [0.5, 0.6) is 0 Å². The number of nitrogens with zero attached hydrogens (tertiary/aromatic N) is 1. The highest BCUT2D eigenvalue weighted by atomic mass is 32.1. The molecule has 1 aromatic heterocycles. The third kappa shape index (κ3) is 3.19. The van der Waals surface area contributed by atoms with Crippen LogP contribution in [-0.4, -0.2) is 17.6 Å². The summed E-state index contributed by atoms with van der Waals surface area (Å²) in [6.45, 7) is 5.40. The maximum Gasteiger partial charge on any atom is 0.0943 e. The van der Waals surface area contributed by atoms with Gasteiger partial charge in [0.05, 0.1) is 5.01 Å². The van der Waals surface area contributed by atoms with Gasteiger partial charge < -0.3 is 5.32 Å². The number of hydrogen-bond donors (Lipinski definition) is 1. The lowest BCUT2D eigenvalue weighted by Crippen LogP contribution is -2.34. The van der Waals surface area contributed by atoms with Crippen molar-refractivity contribution >= 4 is 11.3 Å². The Labute approximate surface area is 121 Å². The van der Waals surface area contributed by atoms with Gasteiger partial charge in [0.2, 0.25) is 0 Å². The Morgan fingerprint density at radius 2 is 2.32 bits per heavy atom. The summed E-state index contributed by atoms with van der Waals surface area (Å²) in [5.41, 5.74) is 1.18. The van der Waals surface area contributed by atoms with Crippen molar-refractivity contribution in [3.8, 4) is 0 Å². The summed E-state index contributed by atoms with van der Waals surface area (Å²) in [6.07, 6.45) is 8.54. The maximum absolute atomic E-state index is 4.63. The van der Waals surface area contributed by atoms with Gasteiger partial charge >= 0.3 is 0 Å². The van der Waals surface area contributed by atoms with E-state index in [1.807, 2.05) is 11.3 Å². The van der Waals surface area contributed by atoms with Gasteiger partial charge in [-0.1, -0.05) is 13.3 Å². The first-order valence-electron chi connectivity index (χ1n) is 7.89. The van der Waals surface area contributed by atoms with Crippen molar-refractivity contribution in [1.29, 1.82) is 0 Å². The molecule has 0 amide bonds. The van der Waals surface area contributed by atoms with E-state index in [9.17, 15) is 0 Å². The molecular weight excluding hydrogens is 252 g/mol. The Hall–Kier alpha value is -0.410. The number of hydrogen-bond acceptors (Lipinski definition) is 3. The van der Waals surface area contributed by atoms with Gasteiger partial charge in [-0.05, 0) is 56.9 Å². The predicted octanol–water partition coefficient (Wildman–Crippen LogP) is 3.80. The molecule has 106 valence electrons. The Bertz CT molecular complexity index is 415. The zero-order valence-electron chi connectivity index (χ0n) is 12.2. The van der Waals surface area contributed by atoms with E-state index in [-0.39, 0.29) is 0 Å². The van der Waals surface area contributed by atoms with Gasteiger partial charge in [-0.3, -0.25) is 0 Å². The fraction of sp³-hybridized carbons (Fsp3) is 0.812. The van der Waals surface area contributed by atoms with Crippen LogP contribution in [0.1, 0.15) is 49.7 Å². The molecule has 0 spiro atoms. The van der Waals surface area contributed by atoms with Crippen LogP contribution in [-0.2, 0) is 6.42 Å². The molecule has 0 saturated heterocycles. The molecule has 0 radical (unpaired) electrons. The Kier molecular flexibility index (Phi) is 4.23. The van der Waals surface area contributed by atoms with Crippen molar-refractivity contribution in [2.45, 2.75) is 58.4 Å². The molecule has 0 aromatic carbocycles. The van der Waals surface area contributed by atoms with E-state index in [0.29, 0.717) is 6.04 Å². The van der Waals surface area contributed by atoms with Crippen molar-refractivity contribution in [2.24, 2.45) is 17.8 Å². The van der Waals surface area contributed by atoms with E-state index in [2.05, 4.69) is 29.5 Å². The Morgan fingerprint density at radius 1 is 1.42 bits per heavy atom. The molecule has 2 saturated carbocycles. The summed E-state index contributed by atoms with van der Waals surface area (Å²) < 4.78 is 0. The van der Waals surface area contributed by atoms with Crippen molar-refractivity contribution in [2.75, 3.05) is 6.54 Å². The van der Waals surface area contributed by atoms with Gasteiger partial charge in [-0.2, -0.15) is 0 Å². The van der Waals surface area contributed by atoms with Crippen molar-refractivity contribution in [1.82, 2.24) is 10.3 Å². The quantitative estimate of drug-likeness (QED) is 0.856. The highest BCUT2D eigenvalue weighted by molar-refractivity contribution is 7.09. The zero-order valence-corrected chi connectivity index (χ0v) is 13.0.